The van der Waals surface area contributed by atoms with Gasteiger partial charge in [-0.25, -0.2) is 13.1 Å². The molecule has 0 saturated heterocycles. The zero-order chi connectivity index (χ0) is 11.9. The Hall–Kier alpha value is -0.920. The van der Waals surface area contributed by atoms with Gasteiger partial charge in [0.25, 0.3) is 0 Å². The van der Waals surface area contributed by atoms with E-state index in [0.29, 0.717) is 13.2 Å². The molecule has 1 aromatic rings. The zero-order valence-electron chi connectivity index (χ0n) is 9.27. The fourth-order valence-corrected chi connectivity index (χ4v) is 1.98. The quantitative estimate of drug-likeness (QED) is 0.655. The molecule has 0 bridgehead atoms. The first kappa shape index (κ1) is 13.1. The summed E-state index contributed by atoms with van der Waals surface area (Å²) in [4.78, 5) is 0.140. The Labute approximate surface area is 95.4 Å². The third kappa shape index (κ3) is 4.30. The van der Waals surface area contributed by atoms with Crippen molar-refractivity contribution >= 4 is 10.0 Å². The van der Waals surface area contributed by atoms with E-state index in [1.165, 1.54) is 12.4 Å². The topological polar surface area (TPSA) is 84.1 Å². The van der Waals surface area contributed by atoms with Crippen LogP contribution in [0, 0.1) is 0 Å². The molecule has 0 radical (unpaired) electrons. The van der Waals surface area contributed by atoms with Crippen molar-refractivity contribution in [1.29, 1.82) is 0 Å². The van der Waals surface area contributed by atoms with E-state index in [1.807, 2.05) is 0 Å². The van der Waals surface area contributed by atoms with E-state index in [4.69, 9.17) is 4.74 Å². The van der Waals surface area contributed by atoms with Gasteiger partial charge < -0.3 is 4.74 Å². The number of sulfonamides is 1. The monoisotopic (exact) mass is 247 g/mol. The van der Waals surface area contributed by atoms with Crippen LogP contribution in [0.1, 0.15) is 19.8 Å². The number of rotatable bonds is 8. The summed E-state index contributed by atoms with van der Waals surface area (Å²) in [6.07, 6.45) is 4.66. The number of H-pyrrole nitrogens is 1. The first-order chi connectivity index (χ1) is 7.67. The molecule has 92 valence electrons. The molecule has 0 fully saturated rings. The summed E-state index contributed by atoms with van der Waals surface area (Å²) in [5, 5.41) is 6.04. The molecule has 0 aliphatic rings. The van der Waals surface area contributed by atoms with Crippen LogP contribution in [0.15, 0.2) is 17.3 Å². The maximum Gasteiger partial charge on any atom is 0.243 e. The highest BCUT2D eigenvalue weighted by Crippen LogP contribution is 2.03. The van der Waals surface area contributed by atoms with Gasteiger partial charge in [0, 0.05) is 19.3 Å². The number of nitrogens with zero attached hydrogens (tertiary/aromatic N) is 1. The van der Waals surface area contributed by atoms with E-state index in [9.17, 15) is 8.42 Å². The van der Waals surface area contributed by atoms with E-state index in [0.717, 1.165) is 12.8 Å². The molecule has 1 rings (SSSR count). The fourth-order valence-electron chi connectivity index (χ4n) is 1.07. The van der Waals surface area contributed by atoms with Gasteiger partial charge in [0.1, 0.15) is 4.90 Å². The van der Waals surface area contributed by atoms with Gasteiger partial charge in [0.05, 0.1) is 12.8 Å². The minimum absolute atomic E-state index is 0.140. The summed E-state index contributed by atoms with van der Waals surface area (Å²) in [5.74, 6) is 0. The van der Waals surface area contributed by atoms with Crippen molar-refractivity contribution in [1.82, 2.24) is 14.9 Å². The number of unbranched alkanes of at least 4 members (excludes halogenated alkanes) is 1. The van der Waals surface area contributed by atoms with Crippen LogP contribution in [0.5, 0.6) is 0 Å². The van der Waals surface area contributed by atoms with E-state index in [1.54, 1.807) is 0 Å². The van der Waals surface area contributed by atoms with Crippen LogP contribution in [0.25, 0.3) is 0 Å². The molecule has 2 N–H and O–H groups in total. The van der Waals surface area contributed by atoms with Gasteiger partial charge in [-0.3, -0.25) is 5.10 Å². The van der Waals surface area contributed by atoms with E-state index in [2.05, 4.69) is 21.8 Å². The molecule has 0 aromatic carbocycles. The second-order valence-corrected chi connectivity index (χ2v) is 5.06. The number of aromatic amines is 1. The van der Waals surface area contributed by atoms with Gasteiger partial charge in [-0.15, -0.1) is 0 Å². The molecule has 0 aliphatic carbocycles. The van der Waals surface area contributed by atoms with E-state index < -0.39 is 10.0 Å². The van der Waals surface area contributed by atoms with Crippen LogP contribution in [0.2, 0.25) is 0 Å². The first-order valence-corrected chi connectivity index (χ1v) is 6.71. The number of nitrogens with one attached hydrogen (secondary N) is 2. The van der Waals surface area contributed by atoms with Crippen molar-refractivity contribution in [3.8, 4) is 0 Å². The van der Waals surface area contributed by atoms with Crippen molar-refractivity contribution in [2.75, 3.05) is 19.8 Å². The number of hydrogen-bond donors (Lipinski definition) is 2. The highest BCUT2D eigenvalue weighted by Gasteiger charge is 2.13. The van der Waals surface area contributed by atoms with Gasteiger partial charge in [0.15, 0.2) is 0 Å². The lowest BCUT2D eigenvalue weighted by atomic mass is 10.4. The maximum absolute atomic E-state index is 11.6. The lowest BCUT2D eigenvalue weighted by molar-refractivity contribution is 0.136. The van der Waals surface area contributed by atoms with Crippen LogP contribution in [0.3, 0.4) is 0 Å². The molecular formula is C9H17N3O3S. The molecule has 0 amide bonds. The summed E-state index contributed by atoms with van der Waals surface area (Å²) in [5.41, 5.74) is 0. The highest BCUT2D eigenvalue weighted by atomic mass is 32.2. The van der Waals surface area contributed by atoms with Gasteiger partial charge in [-0.1, -0.05) is 13.3 Å². The average Bonchev–Trinajstić information content (AvgIpc) is 2.77. The summed E-state index contributed by atoms with van der Waals surface area (Å²) >= 11 is 0. The van der Waals surface area contributed by atoms with Crippen molar-refractivity contribution in [2.45, 2.75) is 24.7 Å². The van der Waals surface area contributed by atoms with Gasteiger partial charge in [-0.05, 0) is 6.42 Å². The minimum atomic E-state index is -3.43. The molecule has 1 heterocycles. The first-order valence-electron chi connectivity index (χ1n) is 5.23. The predicted octanol–water partition coefficient (Wildman–Crippen LogP) is 0.505. The number of aromatic nitrogens is 2. The van der Waals surface area contributed by atoms with Crippen LogP contribution in [-0.4, -0.2) is 38.4 Å². The predicted molar refractivity (Wildman–Crippen MR) is 59.5 cm³/mol. The van der Waals surface area contributed by atoms with Crippen LogP contribution in [-0.2, 0) is 14.8 Å². The molecule has 0 spiro atoms. The van der Waals surface area contributed by atoms with Gasteiger partial charge >= 0.3 is 0 Å². The fraction of sp³-hybridized carbons (Fsp3) is 0.667. The third-order valence-corrected chi connectivity index (χ3v) is 3.39. The molecule has 7 heteroatoms. The second kappa shape index (κ2) is 6.62. The highest BCUT2D eigenvalue weighted by molar-refractivity contribution is 7.89. The van der Waals surface area contributed by atoms with Crippen molar-refractivity contribution in [3.63, 3.8) is 0 Å². The molecule has 0 aliphatic heterocycles. The normalized spacial score (nSPS) is 11.8. The lowest BCUT2D eigenvalue weighted by Gasteiger charge is -2.05. The van der Waals surface area contributed by atoms with Crippen LogP contribution < -0.4 is 4.72 Å². The molecule has 0 atom stereocenters. The molecule has 0 saturated carbocycles. The Morgan fingerprint density at radius 2 is 2.31 bits per heavy atom. The Morgan fingerprint density at radius 3 is 2.94 bits per heavy atom. The molecule has 6 nitrogen and oxygen atoms in total. The van der Waals surface area contributed by atoms with Crippen molar-refractivity contribution in [3.05, 3.63) is 12.4 Å². The average molecular weight is 247 g/mol. The molecule has 16 heavy (non-hydrogen) atoms. The maximum atomic E-state index is 11.6. The Bertz CT molecular complexity index is 375. The second-order valence-electron chi connectivity index (χ2n) is 3.30. The molecule has 0 unspecified atom stereocenters. The summed E-state index contributed by atoms with van der Waals surface area (Å²) in [6, 6.07) is 0. The molecular weight excluding hydrogens is 230 g/mol. The Balaban J connectivity index is 2.22. The minimum Gasteiger partial charge on any atom is -0.380 e. The largest absolute Gasteiger partial charge is 0.380 e. The smallest absolute Gasteiger partial charge is 0.243 e. The Morgan fingerprint density at radius 1 is 1.50 bits per heavy atom. The summed E-state index contributed by atoms with van der Waals surface area (Å²) in [6.45, 7) is 3.41. The van der Waals surface area contributed by atoms with Gasteiger partial charge in [0.2, 0.25) is 10.0 Å². The van der Waals surface area contributed by atoms with Crippen LogP contribution >= 0.6 is 0 Å². The van der Waals surface area contributed by atoms with Crippen molar-refractivity contribution < 1.29 is 13.2 Å². The van der Waals surface area contributed by atoms with Crippen LogP contribution in [0.4, 0.5) is 0 Å². The standard InChI is InChI=1S/C9H17N3O3S/c1-2-3-5-15-6-4-12-16(13,14)9-7-10-11-8-9/h7-8,12H,2-6H2,1H3,(H,10,11). The lowest BCUT2D eigenvalue weighted by Crippen LogP contribution is -2.27. The van der Waals surface area contributed by atoms with E-state index in [-0.39, 0.29) is 11.4 Å². The zero-order valence-corrected chi connectivity index (χ0v) is 10.1. The van der Waals surface area contributed by atoms with E-state index >= 15 is 0 Å². The van der Waals surface area contributed by atoms with Gasteiger partial charge in [-0.2, -0.15) is 5.10 Å². The SMILES string of the molecule is CCCCOCCNS(=O)(=O)c1cn[nH]c1. The molecule has 1 aromatic heterocycles. The third-order valence-electron chi connectivity index (χ3n) is 1.96. The Kier molecular flexibility index (Phi) is 5.44. The summed E-state index contributed by atoms with van der Waals surface area (Å²) in [7, 11) is -3.43. The van der Waals surface area contributed by atoms with Crippen molar-refractivity contribution in [2.24, 2.45) is 0 Å². The summed E-state index contributed by atoms with van der Waals surface area (Å²) < 4.78 is 30.8. The number of ether oxygens (including phenoxy) is 1. The number of hydrogen-bond acceptors (Lipinski definition) is 4.